The molecule has 0 saturated heterocycles. The summed E-state index contributed by atoms with van der Waals surface area (Å²) in [6.45, 7) is 0. The van der Waals surface area contributed by atoms with Crippen LogP contribution in [0, 0.1) is 0 Å². The first-order chi connectivity index (χ1) is 30.9. The van der Waals surface area contributed by atoms with Crippen LogP contribution in [0.5, 0.6) is 57.5 Å². The third kappa shape index (κ3) is 10.7. The van der Waals surface area contributed by atoms with Crippen LogP contribution in [0.1, 0.15) is 0 Å². The SMILES string of the molecule is COc1ccc(Nc2cccc(Oc3ccc(Oc4ccc(Oc5cccc(Nc6ccc(OC)cc6)c5Nc5ccc(OC)cc5)cc4)cc3)c2Nc2ccc(OC)cc2)cc1. The van der Waals surface area contributed by atoms with Crippen LogP contribution < -0.4 is 54.4 Å². The van der Waals surface area contributed by atoms with Crippen molar-refractivity contribution in [3.05, 3.63) is 182 Å². The Hall–Kier alpha value is -8.44. The molecule has 11 nitrogen and oxygen atoms in total. The van der Waals surface area contributed by atoms with Gasteiger partial charge in [0.05, 0.1) is 39.8 Å². The van der Waals surface area contributed by atoms with Crippen LogP contribution in [0.2, 0.25) is 0 Å². The molecule has 0 unspecified atom stereocenters. The summed E-state index contributed by atoms with van der Waals surface area (Å²) in [5.41, 5.74) is 6.68. The predicted octanol–water partition coefficient (Wildman–Crippen LogP) is 14.1. The van der Waals surface area contributed by atoms with E-state index in [9.17, 15) is 0 Å². The minimum absolute atomic E-state index is 0.623. The number of para-hydroxylation sites is 2. The van der Waals surface area contributed by atoms with E-state index in [1.807, 2.05) is 182 Å². The highest BCUT2D eigenvalue weighted by molar-refractivity contribution is 5.85. The number of anilines is 8. The Morgan fingerprint density at radius 2 is 0.508 bits per heavy atom. The Kier molecular flexibility index (Phi) is 12.9. The fraction of sp³-hybridized carbons (Fsp3) is 0.0769. The first-order valence-corrected chi connectivity index (χ1v) is 20.1. The highest BCUT2D eigenvalue weighted by Crippen LogP contribution is 2.42. The second-order valence-electron chi connectivity index (χ2n) is 14.0. The maximum atomic E-state index is 6.49. The Morgan fingerprint density at radius 3 is 0.794 bits per heavy atom. The zero-order chi connectivity index (χ0) is 43.4. The van der Waals surface area contributed by atoms with Crippen LogP contribution in [0.4, 0.5) is 45.5 Å². The molecule has 0 radical (unpaired) electrons. The minimum Gasteiger partial charge on any atom is -0.497 e. The van der Waals surface area contributed by atoms with Crippen molar-refractivity contribution in [3.8, 4) is 57.5 Å². The van der Waals surface area contributed by atoms with Gasteiger partial charge in [0.1, 0.15) is 57.4 Å². The molecule has 0 fully saturated rings. The van der Waals surface area contributed by atoms with Gasteiger partial charge in [-0.2, -0.15) is 0 Å². The van der Waals surface area contributed by atoms with E-state index in [0.717, 1.165) is 68.5 Å². The van der Waals surface area contributed by atoms with Gasteiger partial charge in [0.25, 0.3) is 0 Å². The summed E-state index contributed by atoms with van der Waals surface area (Å²) in [7, 11) is 6.59. The smallest absolute Gasteiger partial charge is 0.153 e. The molecule has 11 heteroatoms. The van der Waals surface area contributed by atoms with Crippen molar-refractivity contribution >= 4 is 45.5 Å². The quantitative estimate of drug-likeness (QED) is 0.0662. The van der Waals surface area contributed by atoms with Crippen LogP contribution in [0.3, 0.4) is 0 Å². The van der Waals surface area contributed by atoms with Crippen LogP contribution in [-0.4, -0.2) is 28.4 Å². The van der Waals surface area contributed by atoms with E-state index in [-0.39, 0.29) is 0 Å². The molecule has 0 bridgehead atoms. The highest BCUT2D eigenvalue weighted by Gasteiger charge is 2.15. The third-order valence-electron chi connectivity index (χ3n) is 9.85. The van der Waals surface area contributed by atoms with Crippen molar-refractivity contribution in [1.82, 2.24) is 0 Å². The van der Waals surface area contributed by atoms with E-state index in [1.54, 1.807) is 28.4 Å². The molecule has 8 rings (SSSR count). The normalized spacial score (nSPS) is 10.5. The van der Waals surface area contributed by atoms with Crippen molar-refractivity contribution in [2.45, 2.75) is 0 Å². The van der Waals surface area contributed by atoms with E-state index < -0.39 is 0 Å². The molecular weight excluding hydrogens is 793 g/mol. The van der Waals surface area contributed by atoms with Crippen molar-refractivity contribution in [3.63, 3.8) is 0 Å². The fourth-order valence-corrected chi connectivity index (χ4v) is 6.54. The average Bonchev–Trinajstić information content (AvgIpc) is 3.33. The summed E-state index contributed by atoms with van der Waals surface area (Å²) in [5, 5.41) is 14.1. The molecule has 0 aliphatic rings. The maximum Gasteiger partial charge on any atom is 0.153 e. The Bertz CT molecular complexity index is 2520. The van der Waals surface area contributed by atoms with E-state index in [2.05, 4.69) is 21.3 Å². The highest BCUT2D eigenvalue weighted by atomic mass is 16.5. The van der Waals surface area contributed by atoms with E-state index >= 15 is 0 Å². The standard InChI is InChI=1S/C52H46N4O7/c1-57-39-19-11-35(12-20-39)53-47-7-5-9-49(51(47)55-37-15-23-41(59-3)24-16-37)62-45-31-27-43(28-32-45)61-44-29-33-46(34-30-44)63-50-10-6-8-48(54-36-13-21-40(58-2)22-14-36)52(50)56-38-17-25-42(60-4)26-18-38/h5-34,53-56H,1-4H3. The van der Waals surface area contributed by atoms with Gasteiger partial charge in [-0.15, -0.1) is 0 Å². The van der Waals surface area contributed by atoms with Gasteiger partial charge in [0.2, 0.25) is 0 Å². The molecular formula is C52H46N4O7. The van der Waals surface area contributed by atoms with Crippen LogP contribution in [0.25, 0.3) is 0 Å². The summed E-state index contributed by atoms with van der Waals surface area (Å²) in [6.07, 6.45) is 0. The lowest BCUT2D eigenvalue weighted by atomic mass is 10.2. The van der Waals surface area contributed by atoms with Crippen LogP contribution >= 0.6 is 0 Å². The molecule has 4 N–H and O–H groups in total. The molecule has 63 heavy (non-hydrogen) atoms. The molecule has 0 aromatic heterocycles. The topological polar surface area (TPSA) is 113 Å². The summed E-state index contributed by atoms with van der Waals surface area (Å²) in [5.74, 6) is 6.88. The van der Waals surface area contributed by atoms with Crippen molar-refractivity contribution in [1.29, 1.82) is 0 Å². The second-order valence-corrected chi connectivity index (χ2v) is 14.0. The van der Waals surface area contributed by atoms with Gasteiger partial charge in [-0.05, 0) is 170 Å². The van der Waals surface area contributed by atoms with Gasteiger partial charge >= 0.3 is 0 Å². The maximum absolute atomic E-state index is 6.49. The van der Waals surface area contributed by atoms with Gasteiger partial charge in [-0.3, -0.25) is 0 Å². The van der Waals surface area contributed by atoms with Gasteiger partial charge in [-0.25, -0.2) is 0 Å². The Morgan fingerprint density at radius 1 is 0.254 bits per heavy atom. The van der Waals surface area contributed by atoms with Gasteiger partial charge < -0.3 is 54.4 Å². The molecule has 0 amide bonds. The summed E-state index contributed by atoms with van der Waals surface area (Å²) in [6, 6.07) is 57.6. The Balaban J connectivity index is 0.969. The molecule has 0 atom stereocenters. The predicted molar refractivity (Wildman–Crippen MR) is 251 cm³/mol. The van der Waals surface area contributed by atoms with Crippen LogP contribution in [0.15, 0.2) is 182 Å². The summed E-state index contributed by atoms with van der Waals surface area (Å²) < 4.78 is 40.6. The molecule has 0 saturated carbocycles. The van der Waals surface area contributed by atoms with E-state index in [0.29, 0.717) is 34.5 Å². The number of hydrogen-bond acceptors (Lipinski definition) is 11. The monoisotopic (exact) mass is 838 g/mol. The molecule has 8 aromatic carbocycles. The van der Waals surface area contributed by atoms with Crippen molar-refractivity contribution < 1.29 is 33.2 Å². The second kappa shape index (κ2) is 19.7. The zero-order valence-electron chi connectivity index (χ0n) is 35.2. The lowest BCUT2D eigenvalue weighted by Gasteiger charge is -2.19. The summed E-state index contributed by atoms with van der Waals surface area (Å²) >= 11 is 0. The molecule has 0 aliphatic heterocycles. The number of rotatable bonds is 18. The summed E-state index contributed by atoms with van der Waals surface area (Å²) in [4.78, 5) is 0. The molecule has 8 aromatic rings. The first-order valence-electron chi connectivity index (χ1n) is 20.1. The number of benzene rings is 8. The van der Waals surface area contributed by atoms with Crippen molar-refractivity contribution in [2.75, 3.05) is 49.7 Å². The molecule has 0 heterocycles. The molecule has 0 aliphatic carbocycles. The average molecular weight is 839 g/mol. The van der Waals surface area contributed by atoms with Gasteiger partial charge in [0, 0.05) is 22.7 Å². The van der Waals surface area contributed by atoms with Gasteiger partial charge in [0.15, 0.2) is 11.5 Å². The lowest BCUT2D eigenvalue weighted by molar-refractivity contribution is 0.415. The first kappa shape index (κ1) is 41.3. The van der Waals surface area contributed by atoms with Crippen LogP contribution in [-0.2, 0) is 0 Å². The molecule has 316 valence electrons. The minimum atomic E-state index is 0.623. The van der Waals surface area contributed by atoms with Crippen molar-refractivity contribution in [2.24, 2.45) is 0 Å². The number of ether oxygens (including phenoxy) is 7. The molecule has 0 spiro atoms. The van der Waals surface area contributed by atoms with E-state index in [1.165, 1.54) is 0 Å². The van der Waals surface area contributed by atoms with Gasteiger partial charge in [-0.1, -0.05) is 12.1 Å². The lowest BCUT2D eigenvalue weighted by Crippen LogP contribution is -2.00. The number of nitrogens with one attached hydrogen (secondary N) is 4. The Labute approximate surface area is 366 Å². The number of methoxy groups -OCH3 is 4. The number of hydrogen-bond donors (Lipinski definition) is 4. The largest absolute Gasteiger partial charge is 0.497 e. The third-order valence-corrected chi connectivity index (χ3v) is 9.85. The van der Waals surface area contributed by atoms with E-state index in [4.69, 9.17) is 33.2 Å². The fourth-order valence-electron chi connectivity index (χ4n) is 6.54. The zero-order valence-corrected chi connectivity index (χ0v) is 35.2.